The highest BCUT2D eigenvalue weighted by atomic mass is 32.1. The first-order valence-electron chi connectivity index (χ1n) is 13.0. The van der Waals surface area contributed by atoms with Crippen molar-refractivity contribution in [2.75, 3.05) is 23.8 Å². The Labute approximate surface area is 232 Å². The molecule has 0 amide bonds. The molecule has 0 aliphatic heterocycles. The van der Waals surface area contributed by atoms with Crippen LogP contribution in [0.3, 0.4) is 0 Å². The lowest BCUT2D eigenvalue weighted by molar-refractivity contribution is 0.304. The molecule has 1 aliphatic rings. The van der Waals surface area contributed by atoms with Crippen LogP contribution in [0.25, 0.3) is 11.1 Å². The molecule has 0 saturated carbocycles. The van der Waals surface area contributed by atoms with Gasteiger partial charge in [-0.3, -0.25) is 0 Å². The van der Waals surface area contributed by atoms with Gasteiger partial charge >= 0.3 is 0 Å². The zero-order valence-corrected chi connectivity index (χ0v) is 23.1. The van der Waals surface area contributed by atoms with Gasteiger partial charge < -0.3 is 26.4 Å². The number of nitrogens with two attached hydrogens (primary N) is 1. The third-order valence-corrected chi connectivity index (χ3v) is 6.87. The van der Waals surface area contributed by atoms with Crippen LogP contribution in [-0.2, 0) is 6.42 Å². The second-order valence-electron chi connectivity index (χ2n) is 9.58. The van der Waals surface area contributed by atoms with Crippen LogP contribution in [0.2, 0.25) is 0 Å². The minimum absolute atomic E-state index is 0.256. The molecular formula is C29H35BN4OS2. The van der Waals surface area contributed by atoms with Gasteiger partial charge in [-0.1, -0.05) is 61.5 Å². The first-order valence-corrected chi connectivity index (χ1v) is 13.9. The average Bonchev–Trinajstić information content (AvgIpc) is 3.21. The number of hydrogen-bond acceptors (Lipinski definition) is 3. The highest BCUT2D eigenvalue weighted by Crippen LogP contribution is 2.37. The molecule has 0 bridgehead atoms. The van der Waals surface area contributed by atoms with Gasteiger partial charge in [-0.15, -0.1) is 0 Å². The monoisotopic (exact) mass is 530 g/mol. The number of ether oxygens (including phenoxy) is 1. The van der Waals surface area contributed by atoms with Gasteiger partial charge in [-0.05, 0) is 90.2 Å². The lowest BCUT2D eigenvalue weighted by Crippen LogP contribution is -2.29. The maximum absolute atomic E-state index is 5.84. The van der Waals surface area contributed by atoms with E-state index in [2.05, 4.69) is 60.2 Å². The molecular weight excluding hydrogens is 495 g/mol. The average molecular weight is 531 g/mol. The smallest absolute Gasteiger partial charge is 0.170 e. The first kappa shape index (κ1) is 27.0. The SMILES string of the molecule is Bc1ccc2c(c1)Cc1cc(NC(=S)NCCCCCCCCOc3cccc(NC(N)=S)c3)ccc1-2. The van der Waals surface area contributed by atoms with E-state index in [9.17, 15) is 0 Å². The third-order valence-electron chi connectivity index (χ3n) is 6.52. The van der Waals surface area contributed by atoms with Crippen molar-refractivity contribution in [3.05, 3.63) is 71.8 Å². The van der Waals surface area contributed by atoms with E-state index in [0.717, 1.165) is 42.9 Å². The fourth-order valence-corrected chi connectivity index (χ4v) is 5.06. The number of nitrogens with one attached hydrogen (secondary N) is 3. The molecule has 0 radical (unpaired) electrons. The topological polar surface area (TPSA) is 71.3 Å². The molecule has 1 aliphatic carbocycles. The number of thiocarbonyl (C=S) groups is 2. The molecule has 0 saturated heterocycles. The molecule has 0 atom stereocenters. The van der Waals surface area contributed by atoms with Crippen LogP contribution < -0.4 is 31.9 Å². The van der Waals surface area contributed by atoms with E-state index in [1.165, 1.54) is 53.4 Å². The summed E-state index contributed by atoms with van der Waals surface area (Å²) in [4.78, 5) is 0. The van der Waals surface area contributed by atoms with Crippen molar-refractivity contribution in [1.82, 2.24) is 5.32 Å². The van der Waals surface area contributed by atoms with E-state index in [1.54, 1.807) is 0 Å². The summed E-state index contributed by atoms with van der Waals surface area (Å²) in [6.45, 7) is 1.60. The Balaban J connectivity index is 1.04. The molecule has 5 N–H and O–H groups in total. The summed E-state index contributed by atoms with van der Waals surface area (Å²) in [6, 6.07) is 21.0. The van der Waals surface area contributed by atoms with E-state index in [1.807, 2.05) is 24.3 Å². The van der Waals surface area contributed by atoms with E-state index in [4.69, 9.17) is 34.9 Å². The van der Waals surface area contributed by atoms with Gasteiger partial charge in [0.05, 0.1) is 6.61 Å². The van der Waals surface area contributed by atoms with Crippen molar-refractivity contribution in [3.8, 4) is 16.9 Å². The Morgan fingerprint density at radius 1 is 0.811 bits per heavy atom. The largest absolute Gasteiger partial charge is 0.494 e. The molecule has 0 aromatic heterocycles. The Bertz CT molecular complexity index is 1250. The first-order chi connectivity index (χ1) is 18.0. The van der Waals surface area contributed by atoms with Crippen molar-refractivity contribution < 1.29 is 4.74 Å². The summed E-state index contributed by atoms with van der Waals surface area (Å²) < 4.78 is 5.84. The number of anilines is 2. The summed E-state index contributed by atoms with van der Waals surface area (Å²) in [5.74, 6) is 0.831. The standard InChI is InChI=1S/C29H35BN4OS2/c30-22-10-12-26-20(17-22)16-21-18-24(11-13-27(21)26)34-29(37)32-14-5-3-1-2-4-6-15-35-25-9-7-8-23(19-25)33-28(31)36/h7-13,17-19H,1-6,14-16,30H2,(H3,31,33,36)(H2,32,34,37). The second kappa shape index (κ2) is 13.4. The number of unbranched alkanes of at least 4 members (excludes halogenated alkanes) is 5. The van der Waals surface area contributed by atoms with Crippen LogP contribution in [0.4, 0.5) is 11.4 Å². The van der Waals surface area contributed by atoms with Crippen LogP contribution in [0.1, 0.15) is 49.7 Å². The van der Waals surface area contributed by atoms with Crippen molar-refractivity contribution in [3.63, 3.8) is 0 Å². The van der Waals surface area contributed by atoms with Gasteiger partial charge in [-0.25, -0.2) is 0 Å². The van der Waals surface area contributed by atoms with Crippen molar-refractivity contribution in [2.45, 2.75) is 44.9 Å². The van der Waals surface area contributed by atoms with Gasteiger partial charge in [0.1, 0.15) is 13.6 Å². The lowest BCUT2D eigenvalue weighted by atomic mass is 9.92. The summed E-state index contributed by atoms with van der Waals surface area (Å²) in [7, 11) is 2.15. The van der Waals surface area contributed by atoms with Gasteiger partial charge in [0.25, 0.3) is 0 Å². The molecule has 4 rings (SSSR count). The number of fused-ring (bicyclic) bond motifs is 3. The third kappa shape index (κ3) is 8.20. The maximum Gasteiger partial charge on any atom is 0.170 e. The van der Waals surface area contributed by atoms with E-state index in [-0.39, 0.29) is 5.11 Å². The molecule has 3 aromatic rings. The Kier molecular flexibility index (Phi) is 9.80. The van der Waals surface area contributed by atoms with Crippen LogP contribution >= 0.6 is 24.4 Å². The van der Waals surface area contributed by atoms with E-state index >= 15 is 0 Å². The van der Waals surface area contributed by atoms with Gasteiger partial charge in [0, 0.05) is 24.0 Å². The molecule has 0 heterocycles. The quantitative estimate of drug-likeness (QED) is 0.118. The van der Waals surface area contributed by atoms with Gasteiger partial charge in [0.15, 0.2) is 10.2 Å². The zero-order chi connectivity index (χ0) is 26.0. The Morgan fingerprint density at radius 2 is 1.51 bits per heavy atom. The van der Waals surface area contributed by atoms with E-state index < -0.39 is 0 Å². The summed E-state index contributed by atoms with van der Waals surface area (Å²) >= 11 is 10.4. The predicted octanol–water partition coefficient (Wildman–Crippen LogP) is 4.88. The van der Waals surface area contributed by atoms with Crippen LogP contribution in [0, 0.1) is 0 Å². The second-order valence-corrected chi connectivity index (χ2v) is 10.4. The maximum atomic E-state index is 5.84. The molecule has 5 nitrogen and oxygen atoms in total. The Morgan fingerprint density at radius 3 is 2.32 bits per heavy atom. The number of benzene rings is 3. The summed E-state index contributed by atoms with van der Waals surface area (Å²) in [5, 5.41) is 10.6. The summed E-state index contributed by atoms with van der Waals surface area (Å²) in [5.41, 5.74) is 14.2. The minimum Gasteiger partial charge on any atom is -0.494 e. The lowest BCUT2D eigenvalue weighted by Gasteiger charge is -2.12. The van der Waals surface area contributed by atoms with Crippen LogP contribution in [0.5, 0.6) is 5.75 Å². The van der Waals surface area contributed by atoms with Crippen molar-refractivity contribution in [2.24, 2.45) is 5.73 Å². The fraction of sp³-hybridized carbons (Fsp3) is 0.310. The van der Waals surface area contributed by atoms with Gasteiger partial charge in [-0.2, -0.15) is 0 Å². The van der Waals surface area contributed by atoms with Gasteiger partial charge in [0.2, 0.25) is 0 Å². The molecule has 37 heavy (non-hydrogen) atoms. The number of hydrogen-bond donors (Lipinski definition) is 4. The van der Waals surface area contributed by atoms with Crippen LogP contribution in [0.15, 0.2) is 60.7 Å². The minimum atomic E-state index is 0.256. The molecule has 0 spiro atoms. The highest BCUT2D eigenvalue weighted by Gasteiger charge is 2.18. The fourth-order valence-electron chi connectivity index (χ4n) is 4.72. The van der Waals surface area contributed by atoms with Crippen LogP contribution in [-0.4, -0.2) is 31.2 Å². The van der Waals surface area contributed by atoms with Crippen molar-refractivity contribution >= 4 is 59.3 Å². The number of rotatable bonds is 12. The molecule has 3 aromatic carbocycles. The highest BCUT2D eigenvalue weighted by molar-refractivity contribution is 7.80. The Hall–Kier alpha value is -3.10. The zero-order valence-electron chi connectivity index (χ0n) is 21.4. The predicted molar refractivity (Wildman–Crippen MR) is 167 cm³/mol. The van der Waals surface area contributed by atoms with Crippen molar-refractivity contribution in [1.29, 1.82) is 0 Å². The normalized spacial score (nSPS) is 11.4. The molecule has 0 unspecified atom stereocenters. The van der Waals surface area contributed by atoms with E-state index in [0.29, 0.717) is 11.7 Å². The molecule has 0 fully saturated rings. The molecule has 192 valence electrons. The molecule has 8 heteroatoms. The summed E-state index contributed by atoms with van der Waals surface area (Å²) in [6.07, 6.45) is 7.94.